The molecule has 1 rings (SSSR count). The number of hydrogen-bond acceptors (Lipinski definition) is 5. The first-order valence-electron chi connectivity index (χ1n) is 6.77. The summed E-state index contributed by atoms with van der Waals surface area (Å²) in [5, 5.41) is 11.7. The average Bonchev–Trinajstić information content (AvgIpc) is 2.73. The lowest BCUT2D eigenvalue weighted by Crippen LogP contribution is -2.37. The molecule has 1 aliphatic heterocycles. The summed E-state index contributed by atoms with van der Waals surface area (Å²) in [5.74, 6) is -3.17. The van der Waals surface area contributed by atoms with Crippen LogP contribution in [-0.2, 0) is 19.2 Å². The molecule has 0 spiro atoms. The first-order valence-corrected chi connectivity index (χ1v) is 6.77. The number of aliphatic hydroxyl groups is 1. The summed E-state index contributed by atoms with van der Waals surface area (Å²) in [6.07, 6.45) is -4.74. The van der Waals surface area contributed by atoms with Gasteiger partial charge in [0, 0.05) is 25.8 Å². The minimum atomic E-state index is -4.90. The fourth-order valence-corrected chi connectivity index (χ4v) is 1.79. The molecule has 126 valence electrons. The van der Waals surface area contributed by atoms with Crippen LogP contribution in [-0.4, -0.2) is 46.9 Å². The summed E-state index contributed by atoms with van der Waals surface area (Å²) < 4.78 is 35.6. The molecule has 2 amide bonds. The van der Waals surface area contributed by atoms with Crippen LogP contribution in [0.5, 0.6) is 0 Å². The lowest BCUT2D eigenvalue weighted by molar-refractivity contribution is -0.220. The Kier molecular flexibility index (Phi) is 6.60. The van der Waals surface area contributed by atoms with Gasteiger partial charge in [0.2, 0.25) is 0 Å². The third kappa shape index (κ3) is 5.88. The van der Waals surface area contributed by atoms with Crippen molar-refractivity contribution in [1.29, 1.82) is 0 Å². The van der Waals surface area contributed by atoms with Crippen LogP contribution in [0.4, 0.5) is 13.2 Å². The maximum absolute atomic E-state index is 11.9. The number of halogens is 3. The second-order valence-electron chi connectivity index (χ2n) is 4.77. The summed E-state index contributed by atoms with van der Waals surface area (Å²) in [6, 6.07) is 0. The highest BCUT2D eigenvalue weighted by atomic mass is 19.4. The monoisotopic (exact) mass is 326 g/mol. The van der Waals surface area contributed by atoms with Gasteiger partial charge in [0.15, 0.2) is 6.23 Å². The molecule has 0 saturated carbocycles. The van der Waals surface area contributed by atoms with Gasteiger partial charge in [-0.15, -0.1) is 5.06 Å². The number of nitrogens with zero attached hydrogens (tertiary/aromatic N) is 1. The van der Waals surface area contributed by atoms with Gasteiger partial charge in [0.1, 0.15) is 0 Å². The molecule has 0 aromatic rings. The van der Waals surface area contributed by atoms with E-state index in [9.17, 15) is 32.7 Å². The van der Waals surface area contributed by atoms with Crippen LogP contribution in [0.25, 0.3) is 0 Å². The van der Waals surface area contributed by atoms with Gasteiger partial charge in [0.25, 0.3) is 5.91 Å². The van der Waals surface area contributed by atoms with Crippen LogP contribution < -0.4 is 5.32 Å². The largest absolute Gasteiger partial charge is 0.471 e. The van der Waals surface area contributed by atoms with Crippen molar-refractivity contribution in [2.75, 3.05) is 6.54 Å². The van der Waals surface area contributed by atoms with E-state index in [1.54, 1.807) is 5.32 Å². The minimum Gasteiger partial charge on any atom is -0.370 e. The van der Waals surface area contributed by atoms with Crippen LogP contribution in [0.1, 0.15) is 38.5 Å². The number of alkyl halides is 3. The molecule has 1 atom stereocenters. The first-order chi connectivity index (χ1) is 10.2. The Morgan fingerprint density at radius 3 is 2.55 bits per heavy atom. The Labute approximate surface area is 124 Å². The zero-order valence-electron chi connectivity index (χ0n) is 11.7. The number of amides is 2. The van der Waals surface area contributed by atoms with Gasteiger partial charge >= 0.3 is 18.1 Å². The number of hydrogen-bond donors (Lipinski definition) is 2. The molecular weight excluding hydrogens is 309 g/mol. The highest BCUT2D eigenvalue weighted by molar-refractivity contribution is 5.81. The zero-order valence-corrected chi connectivity index (χ0v) is 11.7. The molecule has 7 nitrogen and oxygen atoms in total. The highest BCUT2D eigenvalue weighted by Gasteiger charge is 2.38. The number of aliphatic hydroxyl groups excluding tert-OH is 1. The van der Waals surface area contributed by atoms with Gasteiger partial charge in [-0.2, -0.15) is 13.2 Å². The number of carbonyl (C=O) groups excluding carboxylic acids is 3. The summed E-state index contributed by atoms with van der Waals surface area (Å²) >= 11 is 0. The maximum atomic E-state index is 11.9. The molecule has 0 radical (unpaired) electrons. The smallest absolute Gasteiger partial charge is 0.370 e. The van der Waals surface area contributed by atoms with E-state index in [1.807, 2.05) is 0 Å². The van der Waals surface area contributed by atoms with E-state index >= 15 is 0 Å². The zero-order chi connectivity index (χ0) is 16.8. The van der Waals surface area contributed by atoms with E-state index in [0.29, 0.717) is 17.9 Å². The Morgan fingerprint density at radius 2 is 2.00 bits per heavy atom. The van der Waals surface area contributed by atoms with Crippen LogP contribution in [0.15, 0.2) is 0 Å². The summed E-state index contributed by atoms with van der Waals surface area (Å²) in [7, 11) is 0. The second-order valence-corrected chi connectivity index (χ2v) is 4.77. The number of rotatable bonds is 7. The minimum absolute atomic E-state index is 0.0380. The summed E-state index contributed by atoms with van der Waals surface area (Å²) in [4.78, 5) is 37.8. The maximum Gasteiger partial charge on any atom is 0.471 e. The lowest BCUT2D eigenvalue weighted by Gasteiger charge is -2.18. The normalized spacial score (nSPS) is 18.5. The van der Waals surface area contributed by atoms with Gasteiger partial charge in [-0.1, -0.05) is 6.42 Å². The molecule has 0 aromatic carbocycles. The number of hydroxylamine groups is 2. The fourth-order valence-electron chi connectivity index (χ4n) is 1.79. The van der Waals surface area contributed by atoms with Crippen molar-refractivity contribution in [3.63, 3.8) is 0 Å². The molecule has 0 aliphatic carbocycles. The van der Waals surface area contributed by atoms with E-state index < -0.39 is 30.2 Å². The fraction of sp³-hybridized carbons (Fsp3) is 0.750. The predicted octanol–water partition coefficient (Wildman–Crippen LogP) is 0.624. The molecule has 0 bridgehead atoms. The van der Waals surface area contributed by atoms with Crippen molar-refractivity contribution >= 4 is 17.8 Å². The molecule has 1 heterocycles. The lowest BCUT2D eigenvalue weighted by atomic mass is 10.2. The molecule has 0 aromatic heterocycles. The quantitative estimate of drug-likeness (QED) is 0.669. The third-order valence-corrected chi connectivity index (χ3v) is 2.93. The molecule has 1 unspecified atom stereocenters. The van der Waals surface area contributed by atoms with Gasteiger partial charge in [-0.3, -0.25) is 9.59 Å². The topological polar surface area (TPSA) is 95.9 Å². The van der Waals surface area contributed by atoms with E-state index in [0.717, 1.165) is 0 Å². The SMILES string of the molecule is O=C(CCCCCNC(=O)C(F)(F)F)ON1C(=O)CCC1O. The molecule has 1 fully saturated rings. The Morgan fingerprint density at radius 1 is 1.32 bits per heavy atom. The van der Waals surface area contributed by atoms with Crippen molar-refractivity contribution in [1.82, 2.24) is 10.4 Å². The van der Waals surface area contributed by atoms with E-state index in [4.69, 9.17) is 4.84 Å². The average molecular weight is 326 g/mol. The molecular formula is C12H17F3N2O5. The first kappa shape index (κ1) is 18.2. The van der Waals surface area contributed by atoms with E-state index in [-0.39, 0.29) is 32.2 Å². The van der Waals surface area contributed by atoms with Crippen molar-refractivity contribution in [3.8, 4) is 0 Å². The Bertz CT molecular complexity index is 427. The highest BCUT2D eigenvalue weighted by Crippen LogP contribution is 2.17. The molecule has 1 saturated heterocycles. The second kappa shape index (κ2) is 7.97. The van der Waals surface area contributed by atoms with Crippen LogP contribution in [0.3, 0.4) is 0 Å². The van der Waals surface area contributed by atoms with Crippen LogP contribution >= 0.6 is 0 Å². The molecule has 10 heteroatoms. The third-order valence-electron chi connectivity index (χ3n) is 2.93. The molecule has 2 N–H and O–H groups in total. The molecule has 22 heavy (non-hydrogen) atoms. The van der Waals surface area contributed by atoms with Gasteiger partial charge in [-0.05, 0) is 12.8 Å². The predicted molar refractivity (Wildman–Crippen MR) is 65.7 cm³/mol. The Hall–Kier alpha value is -1.84. The summed E-state index contributed by atoms with van der Waals surface area (Å²) in [5.41, 5.74) is 0. The van der Waals surface area contributed by atoms with E-state index in [2.05, 4.69) is 0 Å². The van der Waals surface area contributed by atoms with Crippen LogP contribution in [0.2, 0.25) is 0 Å². The summed E-state index contributed by atoms with van der Waals surface area (Å²) in [6.45, 7) is -0.142. The van der Waals surface area contributed by atoms with Gasteiger partial charge in [0.05, 0.1) is 0 Å². The van der Waals surface area contributed by atoms with Crippen molar-refractivity contribution in [3.05, 3.63) is 0 Å². The number of nitrogens with one attached hydrogen (secondary N) is 1. The number of carbonyl (C=O) groups is 3. The van der Waals surface area contributed by atoms with Crippen molar-refractivity contribution in [2.45, 2.75) is 50.9 Å². The van der Waals surface area contributed by atoms with Gasteiger partial charge < -0.3 is 15.3 Å². The van der Waals surface area contributed by atoms with Gasteiger partial charge in [-0.25, -0.2) is 4.79 Å². The Balaban J connectivity index is 2.08. The standard InChI is InChI=1S/C12H17F3N2O5/c13-12(14,15)11(21)16-7-3-1-2-4-10(20)22-17-8(18)5-6-9(17)19/h8,18H,1-7H2,(H,16,21). The van der Waals surface area contributed by atoms with Crippen molar-refractivity contribution in [2.24, 2.45) is 0 Å². The molecule has 1 aliphatic rings. The van der Waals surface area contributed by atoms with Crippen molar-refractivity contribution < 1.29 is 37.5 Å². The van der Waals surface area contributed by atoms with Crippen LogP contribution in [0, 0.1) is 0 Å². The van der Waals surface area contributed by atoms with E-state index in [1.165, 1.54) is 0 Å². The number of unbranched alkanes of at least 4 members (excludes halogenated alkanes) is 2.